The Morgan fingerprint density at radius 1 is 1.11 bits per heavy atom. The monoisotopic (exact) mass is 487 g/mol. The number of aromatic amines is 1. The van der Waals surface area contributed by atoms with E-state index in [4.69, 9.17) is 4.74 Å². The summed E-state index contributed by atoms with van der Waals surface area (Å²) in [5.74, 6) is -0.663. The molecule has 0 fully saturated rings. The molecule has 0 saturated heterocycles. The Balaban J connectivity index is 1.81. The number of nitrogens with zero attached hydrogens (tertiary/aromatic N) is 1. The Bertz CT molecular complexity index is 1160. The molecule has 0 radical (unpaired) electrons. The zero-order valence-electron chi connectivity index (χ0n) is 20.3. The molecule has 3 aromatic rings. The maximum absolute atomic E-state index is 13.4. The van der Waals surface area contributed by atoms with Crippen LogP contribution >= 0.6 is 0 Å². The number of ether oxygens (including phenoxy) is 2. The standard InChI is InChI=1S/C26H31F2N3O4/c1-5-34-23-12-17(10-11-22(23)35-26(27)28)15-31(4)25(33)21(30-24(32)16(2)3)13-18-14-29-20-9-7-6-8-19(18)20/h6-12,14,16,21,26,29H,5,13,15H2,1-4H3,(H,30,32). The molecular formula is C26H31F2N3O4. The molecule has 9 heteroatoms. The van der Waals surface area contributed by atoms with Crippen LogP contribution in [0, 0.1) is 5.92 Å². The van der Waals surface area contributed by atoms with Crippen LogP contribution in [0.3, 0.4) is 0 Å². The number of alkyl halides is 2. The maximum Gasteiger partial charge on any atom is 0.387 e. The SMILES string of the molecule is CCOc1cc(CN(C)C(=O)C(Cc2c[nH]c3ccccc23)NC(=O)C(C)C)ccc1OC(F)F. The lowest BCUT2D eigenvalue weighted by atomic mass is 10.0. The third-order valence-electron chi connectivity index (χ3n) is 5.56. The minimum atomic E-state index is -2.97. The van der Waals surface area contributed by atoms with Crippen molar-refractivity contribution in [3.63, 3.8) is 0 Å². The van der Waals surface area contributed by atoms with E-state index in [-0.39, 0.29) is 42.4 Å². The van der Waals surface area contributed by atoms with Crippen molar-refractivity contribution in [1.29, 1.82) is 0 Å². The molecule has 1 atom stereocenters. The topological polar surface area (TPSA) is 83.7 Å². The average molecular weight is 488 g/mol. The third-order valence-corrected chi connectivity index (χ3v) is 5.56. The molecule has 0 saturated carbocycles. The van der Waals surface area contributed by atoms with E-state index in [1.54, 1.807) is 40.0 Å². The van der Waals surface area contributed by atoms with Gasteiger partial charge in [0.25, 0.3) is 0 Å². The number of hydrogen-bond donors (Lipinski definition) is 2. The van der Waals surface area contributed by atoms with Crippen LogP contribution < -0.4 is 14.8 Å². The largest absolute Gasteiger partial charge is 0.490 e. The minimum absolute atomic E-state index is 0.0685. The number of likely N-dealkylation sites (N-methyl/N-ethyl adjacent to an activating group) is 1. The molecule has 1 heterocycles. The molecule has 7 nitrogen and oxygen atoms in total. The van der Waals surface area contributed by atoms with E-state index in [1.165, 1.54) is 11.0 Å². The van der Waals surface area contributed by atoms with Gasteiger partial charge in [0.05, 0.1) is 6.61 Å². The smallest absolute Gasteiger partial charge is 0.387 e. The summed E-state index contributed by atoms with van der Waals surface area (Å²) in [4.78, 5) is 30.6. The first-order valence-corrected chi connectivity index (χ1v) is 11.5. The maximum atomic E-state index is 13.4. The molecule has 2 aromatic carbocycles. The van der Waals surface area contributed by atoms with Crippen molar-refractivity contribution in [3.05, 3.63) is 59.8 Å². The Morgan fingerprint density at radius 2 is 1.86 bits per heavy atom. The Kier molecular flexibility index (Phi) is 8.68. The lowest BCUT2D eigenvalue weighted by Crippen LogP contribution is -2.49. The van der Waals surface area contributed by atoms with E-state index in [0.29, 0.717) is 12.0 Å². The number of amides is 2. The summed E-state index contributed by atoms with van der Waals surface area (Å²) < 4.78 is 35.3. The molecule has 3 rings (SSSR count). The van der Waals surface area contributed by atoms with E-state index in [2.05, 4.69) is 15.0 Å². The molecule has 2 amide bonds. The van der Waals surface area contributed by atoms with Crippen molar-refractivity contribution in [1.82, 2.24) is 15.2 Å². The van der Waals surface area contributed by atoms with E-state index < -0.39 is 12.7 Å². The number of rotatable bonds is 11. The normalized spacial score (nSPS) is 12.1. The van der Waals surface area contributed by atoms with Gasteiger partial charge in [-0.05, 0) is 36.2 Å². The van der Waals surface area contributed by atoms with Gasteiger partial charge in [0.15, 0.2) is 11.5 Å². The predicted octanol–water partition coefficient (Wildman–Crippen LogP) is 4.51. The fraction of sp³-hybridized carbons (Fsp3) is 0.385. The Labute approximate surface area is 203 Å². The van der Waals surface area contributed by atoms with E-state index in [0.717, 1.165) is 16.5 Å². The van der Waals surface area contributed by atoms with E-state index in [9.17, 15) is 18.4 Å². The summed E-state index contributed by atoms with van der Waals surface area (Å²) >= 11 is 0. The van der Waals surface area contributed by atoms with Gasteiger partial charge < -0.3 is 24.7 Å². The van der Waals surface area contributed by atoms with Gasteiger partial charge in [-0.1, -0.05) is 38.1 Å². The van der Waals surface area contributed by atoms with Gasteiger partial charge in [0.1, 0.15) is 6.04 Å². The van der Waals surface area contributed by atoms with Crippen LogP contribution in [-0.2, 0) is 22.6 Å². The van der Waals surface area contributed by atoms with E-state index >= 15 is 0 Å². The van der Waals surface area contributed by atoms with Crippen LogP contribution in [0.5, 0.6) is 11.5 Å². The summed E-state index contributed by atoms with van der Waals surface area (Å²) in [6, 6.07) is 11.6. The molecule has 0 bridgehead atoms. The van der Waals surface area contributed by atoms with Gasteiger partial charge in [-0.3, -0.25) is 9.59 Å². The number of benzene rings is 2. The second-order valence-corrected chi connectivity index (χ2v) is 8.57. The van der Waals surface area contributed by atoms with Crippen molar-refractivity contribution < 1.29 is 27.8 Å². The molecule has 0 aliphatic rings. The van der Waals surface area contributed by atoms with Crippen LogP contribution in [0.1, 0.15) is 31.9 Å². The van der Waals surface area contributed by atoms with Crippen LogP contribution in [0.15, 0.2) is 48.7 Å². The van der Waals surface area contributed by atoms with Crippen LogP contribution in [0.25, 0.3) is 10.9 Å². The lowest BCUT2D eigenvalue weighted by Gasteiger charge is -2.26. The second kappa shape index (κ2) is 11.7. The Hall–Kier alpha value is -3.62. The molecular weight excluding hydrogens is 456 g/mol. The third kappa shape index (κ3) is 6.71. The number of H-pyrrole nitrogens is 1. The first kappa shape index (κ1) is 26.0. The fourth-order valence-electron chi connectivity index (χ4n) is 3.79. The molecule has 188 valence electrons. The highest BCUT2D eigenvalue weighted by molar-refractivity contribution is 5.90. The van der Waals surface area contributed by atoms with Crippen LogP contribution in [0.2, 0.25) is 0 Å². The highest BCUT2D eigenvalue weighted by atomic mass is 19.3. The number of aromatic nitrogens is 1. The molecule has 0 aliphatic carbocycles. The number of carbonyl (C=O) groups is 2. The van der Waals surface area contributed by atoms with Gasteiger partial charge in [0, 0.05) is 43.0 Å². The number of nitrogens with one attached hydrogen (secondary N) is 2. The zero-order valence-corrected chi connectivity index (χ0v) is 20.3. The van der Waals surface area contributed by atoms with Crippen molar-refractivity contribution in [2.24, 2.45) is 5.92 Å². The number of para-hydroxylation sites is 1. The van der Waals surface area contributed by atoms with Gasteiger partial charge in [-0.2, -0.15) is 8.78 Å². The summed E-state index contributed by atoms with van der Waals surface area (Å²) in [7, 11) is 1.63. The minimum Gasteiger partial charge on any atom is -0.490 e. The molecule has 2 N–H and O–H groups in total. The highest BCUT2D eigenvalue weighted by Gasteiger charge is 2.26. The number of halogens is 2. The summed E-state index contributed by atoms with van der Waals surface area (Å²) in [5, 5.41) is 3.86. The summed E-state index contributed by atoms with van der Waals surface area (Å²) in [6.07, 6.45) is 2.17. The molecule has 0 spiro atoms. The summed E-state index contributed by atoms with van der Waals surface area (Å²) in [6.45, 7) is 2.76. The second-order valence-electron chi connectivity index (χ2n) is 8.57. The molecule has 0 aliphatic heterocycles. The average Bonchev–Trinajstić information content (AvgIpc) is 3.22. The Morgan fingerprint density at radius 3 is 2.54 bits per heavy atom. The van der Waals surface area contributed by atoms with Gasteiger partial charge >= 0.3 is 6.61 Å². The number of carbonyl (C=O) groups excluding carboxylic acids is 2. The van der Waals surface area contributed by atoms with Crippen molar-refractivity contribution in [2.75, 3.05) is 13.7 Å². The predicted molar refractivity (Wildman–Crippen MR) is 129 cm³/mol. The number of fused-ring (bicyclic) bond motifs is 1. The summed E-state index contributed by atoms with van der Waals surface area (Å²) in [5.41, 5.74) is 2.54. The van der Waals surface area contributed by atoms with Crippen molar-refractivity contribution in [3.8, 4) is 11.5 Å². The highest BCUT2D eigenvalue weighted by Crippen LogP contribution is 2.30. The molecule has 1 aromatic heterocycles. The fourth-order valence-corrected chi connectivity index (χ4v) is 3.79. The van der Waals surface area contributed by atoms with Crippen LogP contribution in [0.4, 0.5) is 8.78 Å². The first-order valence-electron chi connectivity index (χ1n) is 11.5. The zero-order chi connectivity index (χ0) is 25.5. The van der Waals surface area contributed by atoms with Gasteiger partial charge in [-0.15, -0.1) is 0 Å². The van der Waals surface area contributed by atoms with Crippen molar-refractivity contribution in [2.45, 2.75) is 46.4 Å². The lowest BCUT2D eigenvalue weighted by molar-refractivity contribution is -0.136. The molecule has 1 unspecified atom stereocenters. The van der Waals surface area contributed by atoms with Gasteiger partial charge in [-0.25, -0.2) is 0 Å². The first-order chi connectivity index (χ1) is 16.7. The number of hydrogen-bond acceptors (Lipinski definition) is 4. The van der Waals surface area contributed by atoms with E-state index in [1.807, 2.05) is 30.5 Å². The quantitative estimate of drug-likeness (QED) is 0.417. The van der Waals surface area contributed by atoms with Crippen LogP contribution in [-0.4, -0.2) is 48.0 Å². The van der Waals surface area contributed by atoms with Gasteiger partial charge in [0.2, 0.25) is 11.8 Å². The van der Waals surface area contributed by atoms with Crippen molar-refractivity contribution >= 4 is 22.7 Å². The molecule has 35 heavy (non-hydrogen) atoms.